The summed E-state index contributed by atoms with van der Waals surface area (Å²) in [5.41, 5.74) is 4.00. The number of allylic oxidation sites excluding steroid dienone is 3. The van der Waals surface area contributed by atoms with Crippen molar-refractivity contribution < 1.29 is 5.11 Å². The van der Waals surface area contributed by atoms with Gasteiger partial charge in [0.2, 0.25) is 0 Å². The van der Waals surface area contributed by atoms with E-state index in [2.05, 4.69) is 76.8 Å². The fourth-order valence-electron chi connectivity index (χ4n) is 4.69. The number of hydrogen-bond acceptors (Lipinski definition) is 6. The van der Waals surface area contributed by atoms with E-state index in [0.29, 0.717) is 5.02 Å². The van der Waals surface area contributed by atoms with Crippen molar-refractivity contribution in [1.82, 2.24) is 25.4 Å². The van der Waals surface area contributed by atoms with Gasteiger partial charge in [-0.25, -0.2) is 0 Å². The molecule has 0 aliphatic carbocycles. The summed E-state index contributed by atoms with van der Waals surface area (Å²) in [5.74, 6) is 2.11. The van der Waals surface area contributed by atoms with Crippen molar-refractivity contribution in [2.45, 2.75) is 54.4 Å². The van der Waals surface area contributed by atoms with Crippen molar-refractivity contribution in [2.24, 2.45) is 4.99 Å². The van der Waals surface area contributed by atoms with Crippen LogP contribution in [0.15, 0.2) is 64.0 Å². The van der Waals surface area contributed by atoms with Crippen LogP contribution in [0, 0.1) is 0 Å². The molecule has 4 N–H and O–H groups in total. The maximum absolute atomic E-state index is 9.95. The van der Waals surface area contributed by atoms with Gasteiger partial charge >= 0.3 is 0 Å². The molecule has 0 radical (unpaired) electrons. The smallest absolute Gasteiger partial charge is 0.117 e. The molecule has 0 amide bonds. The van der Waals surface area contributed by atoms with Crippen LogP contribution in [0.4, 0.5) is 0 Å². The van der Waals surface area contributed by atoms with Crippen molar-refractivity contribution in [3.05, 3.63) is 69.8 Å². The monoisotopic (exact) mass is 584 g/mol. The number of aromatic amines is 1. The van der Waals surface area contributed by atoms with E-state index in [1.807, 2.05) is 19.9 Å². The van der Waals surface area contributed by atoms with Crippen LogP contribution in [0.25, 0.3) is 15.8 Å². The highest BCUT2D eigenvalue weighted by atomic mass is 35.5. The number of phenols is 1. The summed E-state index contributed by atoms with van der Waals surface area (Å²) in [4.78, 5) is 13.9. The van der Waals surface area contributed by atoms with Gasteiger partial charge < -0.3 is 25.6 Å². The van der Waals surface area contributed by atoms with Crippen LogP contribution >= 0.6 is 23.4 Å². The molecule has 1 aliphatic rings. The number of thioether (sulfide) groups is 1. The lowest BCUT2D eigenvalue weighted by Gasteiger charge is -2.37. The highest BCUT2D eigenvalue weighted by Gasteiger charge is 2.20. The van der Waals surface area contributed by atoms with Crippen LogP contribution in [-0.4, -0.2) is 65.0 Å². The Morgan fingerprint density at radius 1 is 1.15 bits per heavy atom. The van der Waals surface area contributed by atoms with E-state index in [1.165, 1.54) is 12.0 Å². The third kappa shape index (κ3) is 8.59. The minimum Gasteiger partial charge on any atom is -0.508 e. The molecule has 40 heavy (non-hydrogen) atoms. The first-order chi connectivity index (χ1) is 19.2. The lowest BCUT2D eigenvalue weighted by Crippen LogP contribution is -2.48. The summed E-state index contributed by atoms with van der Waals surface area (Å²) in [6.45, 7) is 22.9. The average molecular weight is 585 g/mol. The van der Waals surface area contributed by atoms with Gasteiger partial charge in [0.25, 0.3) is 0 Å². The number of H-pyrrole nitrogens is 1. The number of fused-ring (bicyclic) bond motifs is 1. The molecule has 0 spiro atoms. The molecule has 1 fully saturated rings. The minimum atomic E-state index is 0.149. The van der Waals surface area contributed by atoms with E-state index in [9.17, 15) is 5.11 Å². The lowest BCUT2D eigenvalue weighted by atomic mass is 10.1. The van der Waals surface area contributed by atoms with Crippen LogP contribution < -0.4 is 10.6 Å². The van der Waals surface area contributed by atoms with Crippen molar-refractivity contribution >= 4 is 45.0 Å². The molecule has 9 heteroatoms. The normalized spacial score (nSPS) is 16.4. The molecule has 0 saturated carbocycles. The molecule has 1 aromatic heterocycles. The lowest BCUT2D eigenvalue weighted by molar-refractivity contribution is 0.155. The first-order valence-corrected chi connectivity index (χ1v) is 15.4. The number of aromatic hydroxyl groups is 1. The van der Waals surface area contributed by atoms with Gasteiger partial charge in [0.1, 0.15) is 11.6 Å². The second-order valence-electron chi connectivity index (χ2n) is 9.97. The zero-order valence-electron chi connectivity index (χ0n) is 24.8. The molecule has 1 aromatic carbocycles. The second-order valence-corrected chi connectivity index (χ2v) is 11.5. The highest BCUT2D eigenvalue weighted by Crippen LogP contribution is 2.36. The molecule has 1 aliphatic heterocycles. The Hall–Kier alpha value is -2.81. The zero-order chi connectivity index (χ0) is 29.2. The Labute approximate surface area is 249 Å². The Balaban J connectivity index is 1.84. The van der Waals surface area contributed by atoms with Gasteiger partial charge in [0, 0.05) is 60.9 Å². The number of nitrogens with zero attached hydrogens (tertiary/aromatic N) is 3. The molecule has 2 heterocycles. The van der Waals surface area contributed by atoms with Crippen LogP contribution in [0.2, 0.25) is 5.02 Å². The van der Waals surface area contributed by atoms with Crippen LogP contribution in [0.5, 0.6) is 5.75 Å². The quantitative estimate of drug-likeness (QED) is 0.119. The van der Waals surface area contributed by atoms with Crippen LogP contribution in [0.1, 0.15) is 60.1 Å². The van der Waals surface area contributed by atoms with Crippen molar-refractivity contribution in [1.29, 1.82) is 0 Å². The van der Waals surface area contributed by atoms with Crippen molar-refractivity contribution in [3.63, 3.8) is 0 Å². The Morgan fingerprint density at radius 3 is 2.50 bits per heavy atom. The van der Waals surface area contributed by atoms with E-state index < -0.39 is 0 Å². The molecule has 1 saturated heterocycles. The molecule has 0 atom stereocenters. The van der Waals surface area contributed by atoms with Crippen LogP contribution in [-0.2, 0) is 0 Å². The fourth-order valence-corrected chi connectivity index (χ4v) is 5.72. The number of rotatable bonds is 12. The Kier molecular flexibility index (Phi) is 12.1. The topological polar surface area (TPSA) is 78.9 Å². The fraction of sp³-hybridized carbons (Fsp3) is 0.452. The summed E-state index contributed by atoms with van der Waals surface area (Å²) in [5, 5.41) is 19.3. The standard InChI is InChI=1S/C31H45ClN6OS/c1-8-12-37-13-15-38(16-14-37)30(34-22(6)33-11-4)20-27(21(5)9-2)35-23(7)40-29(10-3)28-18-24-17-25(39)19-26(32)31(24)36-28/h10,17-20,35-36,39H,7-9,11-16H2,1-6H3,(H,33,34)/b27-21-,29-10-,30-20+. The summed E-state index contributed by atoms with van der Waals surface area (Å²) in [6, 6.07) is 5.26. The number of aliphatic imine (C=N–C) groups is 1. The molecule has 2 aromatic rings. The Bertz CT molecular complexity index is 1300. The summed E-state index contributed by atoms with van der Waals surface area (Å²) < 4.78 is 0. The van der Waals surface area contributed by atoms with E-state index >= 15 is 0 Å². The summed E-state index contributed by atoms with van der Waals surface area (Å²) >= 11 is 7.92. The SMILES string of the molecule is C=C(NC(/C=C(\NC(C)=NCC)N1CCN(CCC)CC1)=C(/C)CC)S/C(=C\C)c1cc2cc(O)cc(Cl)c2[nH]1. The number of benzene rings is 1. The number of piperazine rings is 1. The van der Waals surface area contributed by atoms with E-state index in [0.717, 1.165) is 89.6 Å². The molecule has 218 valence electrons. The average Bonchev–Trinajstić information content (AvgIpc) is 3.35. The molecule has 7 nitrogen and oxygen atoms in total. The van der Waals surface area contributed by atoms with E-state index in [4.69, 9.17) is 11.6 Å². The molecule has 0 unspecified atom stereocenters. The molecule has 0 bridgehead atoms. The molecule has 3 rings (SSSR count). The zero-order valence-corrected chi connectivity index (χ0v) is 26.4. The van der Waals surface area contributed by atoms with Gasteiger partial charge in [-0.05, 0) is 64.8 Å². The second kappa shape index (κ2) is 15.3. The first kappa shape index (κ1) is 31.7. The third-order valence-corrected chi connectivity index (χ3v) is 8.25. The third-order valence-electron chi connectivity index (χ3n) is 6.93. The van der Waals surface area contributed by atoms with E-state index in [-0.39, 0.29) is 5.75 Å². The van der Waals surface area contributed by atoms with Crippen molar-refractivity contribution in [2.75, 3.05) is 39.3 Å². The summed E-state index contributed by atoms with van der Waals surface area (Å²) in [6.07, 6.45) is 6.35. The van der Waals surface area contributed by atoms with Gasteiger partial charge in [0.05, 0.1) is 27.1 Å². The minimum absolute atomic E-state index is 0.149. The van der Waals surface area contributed by atoms with Crippen LogP contribution in [0.3, 0.4) is 0 Å². The number of phenolic OH excluding ortho intramolecular Hbond substituents is 1. The number of halogens is 1. The predicted octanol–water partition coefficient (Wildman–Crippen LogP) is 7.26. The maximum Gasteiger partial charge on any atom is 0.117 e. The first-order valence-electron chi connectivity index (χ1n) is 14.2. The largest absolute Gasteiger partial charge is 0.508 e. The predicted molar refractivity (Wildman–Crippen MR) is 175 cm³/mol. The molecular weight excluding hydrogens is 540 g/mol. The maximum atomic E-state index is 9.95. The number of hydrogen-bond donors (Lipinski definition) is 4. The van der Waals surface area contributed by atoms with E-state index in [1.54, 1.807) is 23.9 Å². The van der Waals surface area contributed by atoms with Crippen molar-refractivity contribution in [3.8, 4) is 5.75 Å². The number of aromatic nitrogens is 1. The van der Waals surface area contributed by atoms with Gasteiger partial charge in [0.15, 0.2) is 0 Å². The summed E-state index contributed by atoms with van der Waals surface area (Å²) in [7, 11) is 0. The number of amidine groups is 1. The number of nitrogens with one attached hydrogen (secondary N) is 3. The molecular formula is C31H45ClN6OS. The van der Waals surface area contributed by atoms with Gasteiger partial charge in [-0.15, -0.1) is 0 Å². The highest BCUT2D eigenvalue weighted by molar-refractivity contribution is 8.11. The van der Waals surface area contributed by atoms with Gasteiger partial charge in [-0.2, -0.15) is 0 Å². The van der Waals surface area contributed by atoms with Gasteiger partial charge in [-0.3, -0.25) is 9.89 Å². The Morgan fingerprint density at radius 2 is 1.88 bits per heavy atom. The van der Waals surface area contributed by atoms with Gasteiger partial charge in [-0.1, -0.05) is 49.9 Å².